The number of nitrogens with zero attached hydrogens (tertiary/aromatic N) is 5. The standard InChI is InChI=1S/C34H30F2N6O4/c1-21-27-9-11-31(43)42(26-7-4-23(5-8-26)33(44)37-18-24-3-6-25(35)17-28(24)36)32(27)39-34(38-21)41-14-12-40(13-15-41)19-22-2-10-29-30(16-22)46-20-45-29/h2-11,16-17H,12-15,18-20H2,1H3,(H,37,44). The van der Waals surface area contributed by atoms with Crippen LogP contribution in [0.25, 0.3) is 16.7 Å². The first kappa shape index (κ1) is 29.4. The van der Waals surface area contributed by atoms with Crippen LogP contribution in [-0.2, 0) is 13.1 Å². The molecule has 234 valence electrons. The topological polar surface area (TPSA) is 102 Å². The van der Waals surface area contributed by atoms with Crippen LogP contribution in [0.4, 0.5) is 14.7 Å². The second-order valence-corrected chi connectivity index (χ2v) is 11.3. The highest BCUT2D eigenvalue weighted by molar-refractivity contribution is 5.94. The second kappa shape index (κ2) is 12.2. The van der Waals surface area contributed by atoms with Gasteiger partial charge in [-0.25, -0.2) is 13.8 Å². The zero-order chi connectivity index (χ0) is 31.8. The molecule has 0 atom stereocenters. The lowest BCUT2D eigenvalue weighted by Gasteiger charge is -2.35. The molecule has 46 heavy (non-hydrogen) atoms. The molecular formula is C34H30F2N6O4. The number of aromatic nitrogens is 3. The summed E-state index contributed by atoms with van der Waals surface area (Å²) in [5, 5.41) is 3.39. The van der Waals surface area contributed by atoms with Gasteiger partial charge >= 0.3 is 0 Å². The maximum Gasteiger partial charge on any atom is 0.256 e. The summed E-state index contributed by atoms with van der Waals surface area (Å²) < 4.78 is 39.6. The minimum absolute atomic E-state index is 0.0961. The Bertz CT molecular complexity index is 2010. The van der Waals surface area contributed by atoms with Gasteiger partial charge in [-0.1, -0.05) is 12.1 Å². The number of piperazine rings is 1. The van der Waals surface area contributed by atoms with E-state index in [-0.39, 0.29) is 24.5 Å². The van der Waals surface area contributed by atoms with E-state index >= 15 is 0 Å². The van der Waals surface area contributed by atoms with Crippen LogP contribution in [0.1, 0.15) is 27.2 Å². The molecule has 0 aliphatic carbocycles. The predicted octanol–water partition coefficient (Wildman–Crippen LogP) is 4.35. The van der Waals surface area contributed by atoms with Gasteiger partial charge < -0.3 is 19.7 Å². The molecule has 4 heterocycles. The van der Waals surface area contributed by atoms with Gasteiger partial charge in [0.2, 0.25) is 12.7 Å². The molecule has 1 fully saturated rings. The summed E-state index contributed by atoms with van der Waals surface area (Å²) >= 11 is 0. The van der Waals surface area contributed by atoms with E-state index < -0.39 is 17.5 Å². The Morgan fingerprint density at radius 1 is 0.891 bits per heavy atom. The molecule has 1 saturated heterocycles. The highest BCUT2D eigenvalue weighted by atomic mass is 19.1. The summed E-state index contributed by atoms with van der Waals surface area (Å²) in [6.07, 6.45) is 0. The Morgan fingerprint density at radius 3 is 2.46 bits per heavy atom. The number of aryl methyl sites for hydroxylation is 1. The fraction of sp³-hybridized carbons (Fsp3) is 0.235. The second-order valence-electron chi connectivity index (χ2n) is 11.3. The zero-order valence-corrected chi connectivity index (χ0v) is 25.0. The van der Waals surface area contributed by atoms with Crippen LogP contribution in [0.3, 0.4) is 0 Å². The molecule has 1 amide bonds. The van der Waals surface area contributed by atoms with Gasteiger partial charge in [0.25, 0.3) is 11.5 Å². The fourth-order valence-corrected chi connectivity index (χ4v) is 5.75. The third-order valence-corrected chi connectivity index (χ3v) is 8.27. The van der Waals surface area contributed by atoms with Crippen molar-refractivity contribution in [3.8, 4) is 17.2 Å². The van der Waals surface area contributed by atoms with Crippen molar-refractivity contribution in [2.24, 2.45) is 0 Å². The largest absolute Gasteiger partial charge is 0.454 e. The Balaban J connectivity index is 1.07. The van der Waals surface area contributed by atoms with Gasteiger partial charge in [0.1, 0.15) is 11.6 Å². The van der Waals surface area contributed by atoms with E-state index in [0.29, 0.717) is 22.8 Å². The maximum absolute atomic E-state index is 14.0. The van der Waals surface area contributed by atoms with Crippen LogP contribution in [-0.4, -0.2) is 58.3 Å². The average molecular weight is 625 g/mol. The lowest BCUT2D eigenvalue weighted by molar-refractivity contribution is 0.0950. The Labute approximate surface area is 262 Å². The number of ether oxygens (including phenoxy) is 2. The highest BCUT2D eigenvalue weighted by Gasteiger charge is 2.22. The van der Waals surface area contributed by atoms with Crippen molar-refractivity contribution in [2.45, 2.75) is 20.0 Å². The summed E-state index contributed by atoms with van der Waals surface area (Å²) in [5.41, 5.74) is 3.14. The molecule has 2 aliphatic heterocycles. The normalized spacial score (nSPS) is 14.5. The van der Waals surface area contributed by atoms with E-state index in [4.69, 9.17) is 19.4 Å². The van der Waals surface area contributed by atoms with E-state index in [1.165, 1.54) is 16.7 Å². The van der Waals surface area contributed by atoms with Crippen LogP contribution in [0.5, 0.6) is 11.5 Å². The van der Waals surface area contributed by atoms with Crippen molar-refractivity contribution in [3.63, 3.8) is 0 Å². The lowest BCUT2D eigenvalue weighted by Crippen LogP contribution is -2.46. The number of hydrogen-bond acceptors (Lipinski definition) is 8. The number of fused-ring (bicyclic) bond motifs is 2. The molecule has 2 aromatic heterocycles. The van der Waals surface area contributed by atoms with Gasteiger partial charge in [0.15, 0.2) is 17.1 Å². The van der Waals surface area contributed by atoms with Crippen LogP contribution in [0, 0.1) is 18.6 Å². The van der Waals surface area contributed by atoms with Crippen LogP contribution < -0.4 is 25.2 Å². The number of carbonyl (C=O) groups is 1. The summed E-state index contributed by atoms with van der Waals surface area (Å²) in [5.74, 6) is 0.253. The van der Waals surface area contributed by atoms with Crippen molar-refractivity contribution in [2.75, 3.05) is 37.9 Å². The van der Waals surface area contributed by atoms with Gasteiger partial charge in [-0.3, -0.25) is 19.1 Å². The molecule has 0 saturated carbocycles. The number of anilines is 1. The van der Waals surface area contributed by atoms with Crippen LogP contribution >= 0.6 is 0 Å². The molecule has 10 nitrogen and oxygen atoms in total. The number of benzene rings is 3. The summed E-state index contributed by atoms with van der Waals surface area (Å²) in [6.45, 7) is 5.91. The van der Waals surface area contributed by atoms with E-state index in [9.17, 15) is 18.4 Å². The molecule has 12 heteroatoms. The van der Waals surface area contributed by atoms with E-state index in [1.807, 2.05) is 19.1 Å². The van der Waals surface area contributed by atoms with Gasteiger partial charge in [-0.05, 0) is 61.0 Å². The molecule has 3 aromatic carbocycles. The number of carbonyl (C=O) groups excluding carboxylic acids is 1. The number of hydrogen-bond donors (Lipinski definition) is 1. The van der Waals surface area contributed by atoms with Crippen molar-refractivity contribution >= 4 is 22.9 Å². The SMILES string of the molecule is Cc1nc(N2CCN(Cc3ccc4c(c3)OCO4)CC2)nc2c1ccc(=O)n2-c1ccc(C(=O)NCc2ccc(F)cc2F)cc1. The first-order valence-corrected chi connectivity index (χ1v) is 14.9. The summed E-state index contributed by atoms with van der Waals surface area (Å²) in [6, 6.07) is 19.0. The van der Waals surface area contributed by atoms with Crippen LogP contribution in [0.2, 0.25) is 0 Å². The molecule has 0 radical (unpaired) electrons. The Morgan fingerprint density at radius 2 is 1.67 bits per heavy atom. The monoisotopic (exact) mass is 624 g/mol. The lowest BCUT2D eigenvalue weighted by atomic mass is 10.1. The average Bonchev–Trinajstić information content (AvgIpc) is 3.53. The van der Waals surface area contributed by atoms with Gasteiger partial charge in [0.05, 0.1) is 11.4 Å². The molecule has 5 aromatic rings. The summed E-state index contributed by atoms with van der Waals surface area (Å²) in [4.78, 5) is 40.1. The van der Waals surface area contributed by atoms with Gasteiger partial charge in [-0.2, -0.15) is 4.98 Å². The molecule has 0 bridgehead atoms. The Hall–Kier alpha value is -5.36. The van der Waals surface area contributed by atoms with E-state index in [2.05, 4.69) is 21.2 Å². The van der Waals surface area contributed by atoms with Gasteiger partial charge in [-0.15, -0.1) is 0 Å². The van der Waals surface area contributed by atoms with Gasteiger partial charge in [0, 0.05) is 67.9 Å². The minimum atomic E-state index is -0.731. The molecule has 0 unspecified atom stereocenters. The van der Waals surface area contributed by atoms with Crippen molar-refractivity contribution in [1.82, 2.24) is 24.8 Å². The summed E-state index contributed by atoms with van der Waals surface area (Å²) in [7, 11) is 0. The number of halogens is 2. The quantitative estimate of drug-likeness (QED) is 0.285. The third-order valence-electron chi connectivity index (χ3n) is 8.27. The van der Waals surface area contributed by atoms with Crippen LogP contribution in [0.15, 0.2) is 77.6 Å². The fourth-order valence-electron chi connectivity index (χ4n) is 5.75. The van der Waals surface area contributed by atoms with Crippen molar-refractivity contribution in [1.29, 1.82) is 0 Å². The smallest absolute Gasteiger partial charge is 0.256 e. The number of nitrogens with one attached hydrogen (secondary N) is 1. The van der Waals surface area contributed by atoms with Crippen molar-refractivity contribution < 1.29 is 23.0 Å². The molecule has 2 aliphatic rings. The highest BCUT2D eigenvalue weighted by Crippen LogP contribution is 2.33. The molecular weight excluding hydrogens is 594 g/mol. The number of amides is 1. The minimum Gasteiger partial charge on any atom is -0.454 e. The molecule has 0 spiro atoms. The predicted molar refractivity (Wildman–Crippen MR) is 167 cm³/mol. The first-order chi connectivity index (χ1) is 22.3. The van der Waals surface area contributed by atoms with E-state index in [1.54, 1.807) is 30.3 Å². The molecule has 7 rings (SSSR count). The molecule has 1 N–H and O–H groups in total. The first-order valence-electron chi connectivity index (χ1n) is 14.9. The third kappa shape index (κ3) is 5.86. The maximum atomic E-state index is 14.0. The Kier molecular flexibility index (Phi) is 7.79. The zero-order valence-electron chi connectivity index (χ0n) is 25.0. The number of pyridine rings is 1. The van der Waals surface area contributed by atoms with Crippen molar-refractivity contribution in [3.05, 3.63) is 117 Å². The number of rotatable bonds is 7. The van der Waals surface area contributed by atoms with E-state index in [0.717, 1.165) is 73.0 Å².